The van der Waals surface area contributed by atoms with Gasteiger partial charge in [0.1, 0.15) is 5.58 Å². The molecule has 0 bridgehead atoms. The zero-order valence-electron chi connectivity index (χ0n) is 12.0. The maximum atomic E-state index is 10.8. The van der Waals surface area contributed by atoms with Gasteiger partial charge in [0.15, 0.2) is 0 Å². The number of fused-ring (bicyclic) bond motifs is 1. The molecule has 0 aliphatic carbocycles. The Balaban J connectivity index is 1.64. The zero-order valence-corrected chi connectivity index (χ0v) is 12.0. The van der Waals surface area contributed by atoms with Crippen molar-refractivity contribution >= 4 is 16.9 Å². The van der Waals surface area contributed by atoms with E-state index < -0.39 is 5.97 Å². The van der Waals surface area contributed by atoms with E-state index in [-0.39, 0.29) is 6.54 Å². The maximum Gasteiger partial charge on any atom is 0.317 e. The zero-order chi connectivity index (χ0) is 14.7. The molecule has 1 N–H and O–H groups in total. The number of rotatable bonds is 4. The highest BCUT2D eigenvalue weighted by Gasteiger charge is 2.18. The molecule has 3 rings (SSSR count). The summed E-state index contributed by atoms with van der Waals surface area (Å²) in [5.74, 6) is -0.746. The lowest BCUT2D eigenvalue weighted by atomic mass is 10.1. The molecule has 0 atom stereocenters. The third-order valence-electron chi connectivity index (χ3n) is 4.00. The number of hydrogen-bond donors (Lipinski definition) is 1. The average Bonchev–Trinajstić information content (AvgIpc) is 2.74. The summed E-state index contributed by atoms with van der Waals surface area (Å²) in [5.41, 5.74) is 2.13. The van der Waals surface area contributed by atoms with Gasteiger partial charge in [-0.15, -0.1) is 0 Å². The van der Waals surface area contributed by atoms with Crippen molar-refractivity contribution < 1.29 is 14.3 Å². The van der Waals surface area contributed by atoms with Crippen molar-refractivity contribution in [2.45, 2.75) is 13.0 Å². The monoisotopic (exact) mass is 288 g/mol. The highest BCUT2D eigenvalue weighted by atomic mass is 16.4. The van der Waals surface area contributed by atoms with E-state index in [1.165, 1.54) is 10.9 Å². The first-order valence-corrected chi connectivity index (χ1v) is 7.34. The summed E-state index contributed by atoms with van der Waals surface area (Å²) < 4.78 is 5.58. The van der Waals surface area contributed by atoms with E-state index >= 15 is 0 Å². The van der Waals surface area contributed by atoms with Crippen LogP contribution in [0.25, 0.3) is 11.0 Å². The van der Waals surface area contributed by atoms with Gasteiger partial charge in [-0.1, -0.05) is 18.2 Å². The van der Waals surface area contributed by atoms with Gasteiger partial charge in [-0.25, -0.2) is 0 Å². The van der Waals surface area contributed by atoms with Crippen molar-refractivity contribution in [2.75, 3.05) is 32.7 Å². The molecule has 0 spiro atoms. The average molecular weight is 288 g/mol. The smallest absolute Gasteiger partial charge is 0.317 e. The van der Waals surface area contributed by atoms with Gasteiger partial charge in [-0.3, -0.25) is 14.6 Å². The van der Waals surface area contributed by atoms with Crippen LogP contribution in [0.4, 0.5) is 0 Å². The second-order valence-corrected chi connectivity index (χ2v) is 5.56. The molecule has 1 fully saturated rings. The molecule has 1 aliphatic heterocycles. The van der Waals surface area contributed by atoms with E-state index in [0.29, 0.717) is 0 Å². The van der Waals surface area contributed by atoms with Gasteiger partial charge < -0.3 is 9.52 Å². The number of carbonyl (C=O) groups is 1. The lowest BCUT2D eigenvalue weighted by Crippen LogP contribution is -2.33. The van der Waals surface area contributed by atoms with Crippen LogP contribution in [0, 0.1) is 0 Å². The van der Waals surface area contributed by atoms with Crippen LogP contribution in [0.1, 0.15) is 12.0 Å². The van der Waals surface area contributed by atoms with Crippen LogP contribution >= 0.6 is 0 Å². The minimum atomic E-state index is -0.746. The van der Waals surface area contributed by atoms with Crippen molar-refractivity contribution in [3.63, 3.8) is 0 Å². The number of hydrogen-bond acceptors (Lipinski definition) is 4. The predicted molar refractivity (Wildman–Crippen MR) is 80.2 cm³/mol. The Morgan fingerprint density at radius 2 is 1.90 bits per heavy atom. The van der Waals surface area contributed by atoms with E-state index in [9.17, 15) is 4.79 Å². The first kappa shape index (κ1) is 14.1. The molecule has 0 radical (unpaired) electrons. The third-order valence-corrected chi connectivity index (χ3v) is 4.00. The summed E-state index contributed by atoms with van der Waals surface area (Å²) >= 11 is 0. The third kappa shape index (κ3) is 3.43. The van der Waals surface area contributed by atoms with Gasteiger partial charge in [-0.05, 0) is 19.0 Å². The Labute approximate surface area is 123 Å². The van der Waals surface area contributed by atoms with Crippen molar-refractivity contribution in [1.29, 1.82) is 0 Å². The largest absolute Gasteiger partial charge is 0.480 e. The SMILES string of the molecule is O=C(O)CN1CCCN(Cc2coc3ccccc23)CC1. The quantitative estimate of drug-likeness (QED) is 0.933. The summed E-state index contributed by atoms with van der Waals surface area (Å²) in [6, 6.07) is 8.07. The van der Waals surface area contributed by atoms with Crippen LogP contribution < -0.4 is 0 Å². The van der Waals surface area contributed by atoms with E-state index in [1.54, 1.807) is 0 Å². The highest BCUT2D eigenvalue weighted by Crippen LogP contribution is 2.22. The van der Waals surface area contributed by atoms with Gasteiger partial charge in [0.05, 0.1) is 12.8 Å². The maximum absolute atomic E-state index is 10.8. The Hall–Kier alpha value is -1.85. The van der Waals surface area contributed by atoms with Gasteiger partial charge in [0.25, 0.3) is 0 Å². The molecule has 1 aromatic heterocycles. The first-order valence-electron chi connectivity index (χ1n) is 7.34. The molecule has 0 saturated carbocycles. The molecule has 1 aliphatic rings. The summed E-state index contributed by atoms with van der Waals surface area (Å²) in [7, 11) is 0. The van der Waals surface area contributed by atoms with Crippen molar-refractivity contribution in [3.05, 3.63) is 36.1 Å². The Morgan fingerprint density at radius 3 is 2.76 bits per heavy atom. The summed E-state index contributed by atoms with van der Waals surface area (Å²) in [5, 5.41) is 10.1. The predicted octanol–water partition coefficient (Wildman–Crippen LogP) is 2.03. The topological polar surface area (TPSA) is 56.9 Å². The second-order valence-electron chi connectivity index (χ2n) is 5.56. The minimum Gasteiger partial charge on any atom is -0.480 e. The van der Waals surface area contributed by atoms with E-state index in [0.717, 1.165) is 44.7 Å². The van der Waals surface area contributed by atoms with Crippen molar-refractivity contribution in [1.82, 2.24) is 9.80 Å². The Bertz CT molecular complexity index is 623. The fourth-order valence-corrected chi connectivity index (χ4v) is 2.93. The van der Waals surface area contributed by atoms with Crippen LogP contribution in [0.2, 0.25) is 0 Å². The summed E-state index contributed by atoms with van der Waals surface area (Å²) in [6.07, 6.45) is 2.84. The molecule has 1 saturated heterocycles. The normalized spacial score (nSPS) is 17.9. The van der Waals surface area contributed by atoms with Crippen molar-refractivity contribution in [2.24, 2.45) is 0 Å². The van der Waals surface area contributed by atoms with E-state index in [4.69, 9.17) is 9.52 Å². The van der Waals surface area contributed by atoms with Crippen LogP contribution in [-0.2, 0) is 11.3 Å². The molecule has 2 aromatic rings. The van der Waals surface area contributed by atoms with Crippen LogP contribution in [0.15, 0.2) is 34.9 Å². The number of nitrogens with zero attached hydrogens (tertiary/aromatic N) is 2. The number of furan rings is 1. The molecule has 1 aromatic carbocycles. The molecular formula is C16H20N2O3. The standard InChI is InChI=1S/C16H20N2O3/c19-16(20)11-18-7-3-6-17(8-9-18)10-13-12-21-15-5-2-1-4-14(13)15/h1-2,4-5,12H,3,6-11H2,(H,19,20). The molecule has 21 heavy (non-hydrogen) atoms. The van der Waals surface area contributed by atoms with Crippen LogP contribution in [0.5, 0.6) is 0 Å². The number of aliphatic carboxylic acids is 1. The number of carboxylic acid groups (broad SMARTS) is 1. The summed E-state index contributed by atoms with van der Waals surface area (Å²) in [4.78, 5) is 15.2. The van der Waals surface area contributed by atoms with Crippen LogP contribution in [-0.4, -0.2) is 53.6 Å². The van der Waals surface area contributed by atoms with E-state index in [2.05, 4.69) is 11.0 Å². The molecule has 2 heterocycles. The number of para-hydroxylation sites is 1. The van der Waals surface area contributed by atoms with E-state index in [1.807, 2.05) is 29.4 Å². The summed E-state index contributed by atoms with van der Waals surface area (Å²) in [6.45, 7) is 4.56. The van der Waals surface area contributed by atoms with Gasteiger partial charge in [0.2, 0.25) is 0 Å². The lowest BCUT2D eigenvalue weighted by molar-refractivity contribution is -0.138. The second kappa shape index (κ2) is 6.28. The lowest BCUT2D eigenvalue weighted by Gasteiger charge is -2.20. The molecule has 5 heteroatoms. The Morgan fingerprint density at radius 1 is 1.14 bits per heavy atom. The van der Waals surface area contributed by atoms with Crippen molar-refractivity contribution in [3.8, 4) is 0 Å². The Kier molecular flexibility index (Phi) is 4.22. The molecule has 0 unspecified atom stereocenters. The van der Waals surface area contributed by atoms with Gasteiger partial charge >= 0.3 is 5.97 Å². The molecular weight excluding hydrogens is 268 g/mol. The first-order chi connectivity index (χ1) is 10.2. The molecule has 0 amide bonds. The number of benzene rings is 1. The number of carboxylic acids is 1. The minimum absolute atomic E-state index is 0.141. The molecule has 112 valence electrons. The van der Waals surface area contributed by atoms with Gasteiger partial charge in [-0.2, -0.15) is 0 Å². The fraction of sp³-hybridized carbons (Fsp3) is 0.438. The van der Waals surface area contributed by atoms with Gasteiger partial charge in [0, 0.05) is 37.1 Å². The highest BCUT2D eigenvalue weighted by molar-refractivity contribution is 5.80. The van der Waals surface area contributed by atoms with Crippen LogP contribution in [0.3, 0.4) is 0 Å². The fourth-order valence-electron chi connectivity index (χ4n) is 2.93. The molecule has 5 nitrogen and oxygen atoms in total.